The molecule has 0 bridgehead atoms. The molecule has 0 unspecified atom stereocenters. The molecule has 0 radical (unpaired) electrons. The van der Waals surface area contributed by atoms with Crippen molar-refractivity contribution in [3.63, 3.8) is 0 Å². The monoisotopic (exact) mass is 262 g/mol. The molecule has 0 fully saturated rings. The van der Waals surface area contributed by atoms with E-state index in [1.54, 1.807) is 12.3 Å². The molecule has 1 aromatic heterocycles. The number of benzene rings is 1. The van der Waals surface area contributed by atoms with Crippen LogP contribution in [0.1, 0.15) is 24.7 Å². The first-order valence-corrected chi connectivity index (χ1v) is 6.25. The number of rotatable bonds is 5. The third kappa shape index (κ3) is 3.42. The molecule has 1 aromatic carbocycles. The van der Waals surface area contributed by atoms with Gasteiger partial charge in [0, 0.05) is 25.4 Å². The van der Waals surface area contributed by atoms with Gasteiger partial charge >= 0.3 is 7.12 Å². The molecule has 0 saturated carbocycles. The van der Waals surface area contributed by atoms with Crippen molar-refractivity contribution in [2.24, 2.45) is 0 Å². The van der Waals surface area contributed by atoms with Gasteiger partial charge in [0.05, 0.1) is 0 Å². The first-order chi connectivity index (χ1) is 9.10. The molecule has 0 aliphatic rings. The van der Waals surface area contributed by atoms with E-state index in [-0.39, 0.29) is 5.46 Å². The maximum atomic E-state index is 13.4. The maximum absolute atomic E-state index is 13.4. The Hall–Kier alpha value is -1.66. The molecule has 0 amide bonds. The van der Waals surface area contributed by atoms with Crippen LogP contribution in [-0.2, 0) is 13.0 Å². The standard InChI is InChI=1S/C13H16BFN2O2/c1-2-3-13-16-4-5-17(13)9-10-6-11(14(18)19)8-12(15)7-10/h4-8,18-19H,2-3,9H2,1H3. The summed E-state index contributed by atoms with van der Waals surface area (Å²) in [4.78, 5) is 4.25. The van der Waals surface area contributed by atoms with Gasteiger partial charge in [-0.25, -0.2) is 9.37 Å². The van der Waals surface area contributed by atoms with Crippen molar-refractivity contribution in [2.45, 2.75) is 26.3 Å². The summed E-state index contributed by atoms with van der Waals surface area (Å²) >= 11 is 0. The van der Waals surface area contributed by atoms with Gasteiger partial charge in [0.25, 0.3) is 0 Å². The van der Waals surface area contributed by atoms with Gasteiger partial charge in [-0.2, -0.15) is 0 Å². The van der Waals surface area contributed by atoms with E-state index in [0.717, 1.165) is 24.7 Å². The molecule has 0 aliphatic carbocycles. The molecular weight excluding hydrogens is 246 g/mol. The van der Waals surface area contributed by atoms with Crippen LogP contribution in [0, 0.1) is 5.82 Å². The Kier molecular flexibility index (Phi) is 4.34. The fraction of sp³-hybridized carbons (Fsp3) is 0.308. The highest BCUT2D eigenvalue weighted by atomic mass is 19.1. The van der Waals surface area contributed by atoms with Gasteiger partial charge < -0.3 is 14.6 Å². The Balaban J connectivity index is 2.25. The zero-order chi connectivity index (χ0) is 13.8. The second-order valence-electron chi connectivity index (χ2n) is 4.49. The predicted octanol–water partition coefficient (Wildman–Crippen LogP) is 0.703. The van der Waals surface area contributed by atoms with Gasteiger partial charge in [-0.3, -0.25) is 0 Å². The van der Waals surface area contributed by atoms with E-state index in [4.69, 9.17) is 10.0 Å². The Morgan fingerprint density at radius 3 is 2.79 bits per heavy atom. The lowest BCUT2D eigenvalue weighted by Crippen LogP contribution is -2.30. The quantitative estimate of drug-likeness (QED) is 0.780. The summed E-state index contributed by atoms with van der Waals surface area (Å²) in [6.45, 7) is 2.54. The first-order valence-electron chi connectivity index (χ1n) is 6.25. The van der Waals surface area contributed by atoms with E-state index in [1.165, 1.54) is 6.07 Å². The Bertz CT molecular complexity index is 557. The highest BCUT2D eigenvalue weighted by molar-refractivity contribution is 6.58. The van der Waals surface area contributed by atoms with Gasteiger partial charge in [0.1, 0.15) is 11.6 Å². The summed E-state index contributed by atoms with van der Waals surface area (Å²) in [6, 6.07) is 4.10. The fourth-order valence-corrected chi connectivity index (χ4v) is 2.05. The van der Waals surface area contributed by atoms with Crippen LogP contribution in [0.4, 0.5) is 4.39 Å². The SMILES string of the molecule is CCCc1nccn1Cc1cc(F)cc(B(O)O)c1. The van der Waals surface area contributed by atoms with Crippen molar-refractivity contribution in [1.29, 1.82) is 0 Å². The topological polar surface area (TPSA) is 58.3 Å². The minimum Gasteiger partial charge on any atom is -0.423 e. The summed E-state index contributed by atoms with van der Waals surface area (Å²) in [5, 5.41) is 18.2. The lowest BCUT2D eigenvalue weighted by molar-refractivity contribution is 0.425. The zero-order valence-corrected chi connectivity index (χ0v) is 10.8. The second kappa shape index (κ2) is 5.99. The number of hydrogen-bond donors (Lipinski definition) is 2. The number of imidazole rings is 1. The molecule has 2 N–H and O–H groups in total. The number of hydrogen-bond acceptors (Lipinski definition) is 3. The number of halogens is 1. The molecule has 2 aromatic rings. The Labute approximate surface area is 111 Å². The molecule has 4 nitrogen and oxygen atoms in total. The van der Waals surface area contributed by atoms with Crippen molar-refractivity contribution in [3.8, 4) is 0 Å². The maximum Gasteiger partial charge on any atom is 0.488 e. The molecule has 2 rings (SSSR count). The van der Waals surface area contributed by atoms with Crippen LogP contribution in [0.15, 0.2) is 30.6 Å². The summed E-state index contributed by atoms with van der Waals surface area (Å²) in [6.07, 6.45) is 5.40. The lowest BCUT2D eigenvalue weighted by atomic mass is 9.79. The van der Waals surface area contributed by atoms with E-state index in [1.807, 2.05) is 10.8 Å². The molecule has 100 valence electrons. The van der Waals surface area contributed by atoms with Crippen molar-refractivity contribution in [3.05, 3.63) is 47.8 Å². The molecule has 0 aliphatic heterocycles. The summed E-state index contributed by atoms with van der Waals surface area (Å²) in [5.41, 5.74) is 0.839. The van der Waals surface area contributed by atoms with Crippen LogP contribution in [0.2, 0.25) is 0 Å². The lowest BCUT2D eigenvalue weighted by Gasteiger charge is -2.09. The predicted molar refractivity (Wildman–Crippen MR) is 71.5 cm³/mol. The van der Waals surface area contributed by atoms with Gasteiger partial charge in [-0.05, 0) is 29.6 Å². The second-order valence-corrected chi connectivity index (χ2v) is 4.49. The molecule has 0 spiro atoms. The number of aryl methyl sites for hydroxylation is 1. The third-order valence-electron chi connectivity index (χ3n) is 2.91. The summed E-state index contributed by atoms with van der Waals surface area (Å²) in [7, 11) is -1.66. The van der Waals surface area contributed by atoms with E-state index < -0.39 is 12.9 Å². The van der Waals surface area contributed by atoms with Crippen LogP contribution in [0.5, 0.6) is 0 Å². The molecule has 0 atom stereocenters. The van der Waals surface area contributed by atoms with Crippen LogP contribution in [-0.4, -0.2) is 26.7 Å². The largest absolute Gasteiger partial charge is 0.488 e. The minimum absolute atomic E-state index is 0.159. The number of aromatic nitrogens is 2. The molecule has 19 heavy (non-hydrogen) atoms. The molecular formula is C13H16BFN2O2. The van der Waals surface area contributed by atoms with Gasteiger partial charge in [0.2, 0.25) is 0 Å². The van der Waals surface area contributed by atoms with E-state index in [2.05, 4.69) is 11.9 Å². The minimum atomic E-state index is -1.66. The smallest absolute Gasteiger partial charge is 0.423 e. The Morgan fingerprint density at radius 1 is 1.32 bits per heavy atom. The van der Waals surface area contributed by atoms with E-state index >= 15 is 0 Å². The van der Waals surface area contributed by atoms with Gasteiger partial charge in [-0.15, -0.1) is 0 Å². The average molecular weight is 262 g/mol. The fourth-order valence-electron chi connectivity index (χ4n) is 2.05. The highest BCUT2D eigenvalue weighted by Gasteiger charge is 2.13. The van der Waals surface area contributed by atoms with Crippen molar-refractivity contribution in [1.82, 2.24) is 9.55 Å². The first kappa shape index (κ1) is 13.8. The highest BCUT2D eigenvalue weighted by Crippen LogP contribution is 2.08. The average Bonchev–Trinajstić information content (AvgIpc) is 2.76. The molecule has 1 heterocycles. The zero-order valence-electron chi connectivity index (χ0n) is 10.8. The summed E-state index contributed by atoms with van der Waals surface area (Å²) in [5.74, 6) is 0.468. The Morgan fingerprint density at radius 2 is 2.11 bits per heavy atom. The number of nitrogens with zero attached hydrogens (tertiary/aromatic N) is 2. The van der Waals surface area contributed by atoms with Crippen LogP contribution in [0.25, 0.3) is 0 Å². The van der Waals surface area contributed by atoms with Crippen LogP contribution >= 0.6 is 0 Å². The van der Waals surface area contributed by atoms with Crippen LogP contribution < -0.4 is 5.46 Å². The van der Waals surface area contributed by atoms with E-state index in [0.29, 0.717) is 12.1 Å². The van der Waals surface area contributed by atoms with Crippen molar-refractivity contribution >= 4 is 12.6 Å². The molecule has 6 heteroatoms. The van der Waals surface area contributed by atoms with Gasteiger partial charge in [0.15, 0.2) is 0 Å². The molecule has 0 saturated heterocycles. The van der Waals surface area contributed by atoms with E-state index in [9.17, 15) is 4.39 Å². The van der Waals surface area contributed by atoms with Crippen molar-refractivity contribution in [2.75, 3.05) is 0 Å². The summed E-state index contributed by atoms with van der Waals surface area (Å²) < 4.78 is 15.4. The third-order valence-corrected chi connectivity index (χ3v) is 2.91. The van der Waals surface area contributed by atoms with Crippen LogP contribution in [0.3, 0.4) is 0 Å². The normalized spacial score (nSPS) is 10.7. The van der Waals surface area contributed by atoms with Crippen molar-refractivity contribution < 1.29 is 14.4 Å². The van der Waals surface area contributed by atoms with Gasteiger partial charge in [-0.1, -0.05) is 13.0 Å².